The van der Waals surface area contributed by atoms with Gasteiger partial charge in [-0.2, -0.15) is 0 Å². The summed E-state index contributed by atoms with van der Waals surface area (Å²) in [6, 6.07) is 19.7. The zero-order valence-electron chi connectivity index (χ0n) is 21.7. The van der Waals surface area contributed by atoms with Crippen molar-refractivity contribution in [2.45, 2.75) is 53.4 Å². The number of carbonyl (C=O) groups is 1. The van der Waals surface area contributed by atoms with Crippen LogP contribution in [0.25, 0.3) is 22.2 Å². The van der Waals surface area contributed by atoms with Gasteiger partial charge < -0.3 is 9.47 Å². The molecule has 0 unspecified atom stereocenters. The number of pyridine rings is 1. The minimum Gasteiger partial charge on any atom is -0.497 e. The first-order chi connectivity index (χ1) is 16.6. The van der Waals surface area contributed by atoms with Gasteiger partial charge in [-0.15, -0.1) is 0 Å². The molecule has 0 atom stereocenters. The van der Waals surface area contributed by atoms with Crippen LogP contribution in [-0.2, 0) is 5.41 Å². The molecule has 4 heteroatoms. The summed E-state index contributed by atoms with van der Waals surface area (Å²) in [7, 11) is 1.64. The second kappa shape index (κ2) is 9.53. The van der Waals surface area contributed by atoms with Crippen LogP contribution in [0.5, 0.6) is 11.5 Å². The van der Waals surface area contributed by atoms with Crippen molar-refractivity contribution in [3.8, 4) is 22.8 Å². The highest BCUT2D eigenvalue weighted by molar-refractivity contribution is 6.08. The van der Waals surface area contributed by atoms with E-state index in [9.17, 15) is 4.79 Å². The van der Waals surface area contributed by atoms with E-state index in [4.69, 9.17) is 14.5 Å². The van der Waals surface area contributed by atoms with Gasteiger partial charge in [-0.1, -0.05) is 44.5 Å². The topological polar surface area (TPSA) is 48.4 Å². The summed E-state index contributed by atoms with van der Waals surface area (Å²) in [6.07, 6.45) is 1.03. The van der Waals surface area contributed by atoms with E-state index in [0.29, 0.717) is 11.3 Å². The molecule has 0 saturated carbocycles. The van der Waals surface area contributed by atoms with Gasteiger partial charge in [0.2, 0.25) is 0 Å². The van der Waals surface area contributed by atoms with Gasteiger partial charge in [0.25, 0.3) is 0 Å². The molecule has 180 valence electrons. The Bertz CT molecular complexity index is 1380. The van der Waals surface area contributed by atoms with Gasteiger partial charge in [-0.3, -0.25) is 0 Å². The molecule has 4 rings (SSSR count). The third-order valence-electron chi connectivity index (χ3n) is 6.97. The summed E-state index contributed by atoms with van der Waals surface area (Å²) in [5.41, 5.74) is 7.22. The Labute approximate surface area is 207 Å². The molecule has 35 heavy (non-hydrogen) atoms. The van der Waals surface area contributed by atoms with Crippen LogP contribution in [0.1, 0.15) is 59.8 Å². The van der Waals surface area contributed by atoms with Crippen molar-refractivity contribution in [2.24, 2.45) is 0 Å². The summed E-state index contributed by atoms with van der Waals surface area (Å²) in [6.45, 7) is 12.6. The first-order valence-corrected chi connectivity index (χ1v) is 12.0. The van der Waals surface area contributed by atoms with E-state index >= 15 is 0 Å². The molecular formula is C31H33NO3. The van der Waals surface area contributed by atoms with Crippen LogP contribution < -0.4 is 9.47 Å². The van der Waals surface area contributed by atoms with Crippen LogP contribution in [0, 0.1) is 20.8 Å². The van der Waals surface area contributed by atoms with Crippen LogP contribution in [0.2, 0.25) is 0 Å². The van der Waals surface area contributed by atoms with Crippen LogP contribution >= 0.6 is 0 Å². The van der Waals surface area contributed by atoms with Crippen molar-refractivity contribution < 1.29 is 14.3 Å². The highest BCUT2D eigenvalue weighted by Crippen LogP contribution is 2.34. The zero-order valence-corrected chi connectivity index (χ0v) is 21.7. The number of ether oxygens (including phenoxy) is 2. The maximum Gasteiger partial charge on any atom is 0.344 e. The Hall–Kier alpha value is -3.66. The van der Waals surface area contributed by atoms with Crippen molar-refractivity contribution in [1.29, 1.82) is 0 Å². The SMILES string of the molecule is CCC(C)(C)c1ccc(OC(=O)c2c(C)c(-c3ccc(OC)cc3)nc3c(C)cc(C)cc23)cc1. The predicted molar refractivity (Wildman–Crippen MR) is 143 cm³/mol. The third-order valence-corrected chi connectivity index (χ3v) is 6.97. The first kappa shape index (κ1) is 24.5. The van der Waals surface area contributed by atoms with Gasteiger partial charge in [-0.25, -0.2) is 9.78 Å². The van der Waals surface area contributed by atoms with Crippen LogP contribution in [0.15, 0.2) is 60.7 Å². The van der Waals surface area contributed by atoms with Gasteiger partial charge in [-0.05, 0) is 91.8 Å². The molecule has 0 radical (unpaired) electrons. The van der Waals surface area contributed by atoms with E-state index in [-0.39, 0.29) is 11.4 Å². The average molecular weight is 468 g/mol. The van der Waals surface area contributed by atoms with Gasteiger partial charge >= 0.3 is 5.97 Å². The molecule has 0 N–H and O–H groups in total. The Morgan fingerprint density at radius 1 is 0.914 bits per heavy atom. The number of benzene rings is 3. The van der Waals surface area contributed by atoms with Crippen molar-refractivity contribution in [1.82, 2.24) is 4.98 Å². The molecule has 0 saturated heterocycles. The predicted octanol–water partition coefficient (Wildman–Crippen LogP) is 7.74. The summed E-state index contributed by atoms with van der Waals surface area (Å²) in [5, 5.41) is 0.811. The third kappa shape index (κ3) is 4.79. The minimum absolute atomic E-state index is 0.0722. The van der Waals surface area contributed by atoms with Crippen molar-refractivity contribution >= 4 is 16.9 Å². The number of hydrogen-bond acceptors (Lipinski definition) is 4. The molecule has 0 amide bonds. The number of hydrogen-bond donors (Lipinski definition) is 0. The summed E-state index contributed by atoms with van der Waals surface area (Å²) in [4.78, 5) is 18.6. The number of rotatable bonds is 6. The molecule has 1 heterocycles. The van der Waals surface area contributed by atoms with E-state index < -0.39 is 0 Å². The Morgan fingerprint density at radius 2 is 1.54 bits per heavy atom. The molecule has 4 aromatic rings. The number of carbonyl (C=O) groups excluding carboxylic acids is 1. The van der Waals surface area contributed by atoms with E-state index in [2.05, 4.69) is 26.8 Å². The lowest BCUT2D eigenvalue weighted by atomic mass is 9.82. The fourth-order valence-corrected chi connectivity index (χ4v) is 4.44. The van der Waals surface area contributed by atoms with Crippen LogP contribution in [-0.4, -0.2) is 18.1 Å². The fourth-order valence-electron chi connectivity index (χ4n) is 4.44. The standard InChI is InChI=1S/C31H33NO3/c1-8-31(5,6)23-11-15-25(16-12-23)35-30(33)27-21(4)29(22-9-13-24(34-7)14-10-22)32-28-20(3)17-19(2)18-26(27)28/h9-18H,8H2,1-7H3. The maximum atomic E-state index is 13.6. The second-order valence-corrected chi connectivity index (χ2v) is 9.82. The molecular weight excluding hydrogens is 434 g/mol. The lowest BCUT2D eigenvalue weighted by molar-refractivity contribution is 0.0736. The lowest BCUT2D eigenvalue weighted by Gasteiger charge is -2.23. The molecule has 0 aliphatic carbocycles. The smallest absolute Gasteiger partial charge is 0.344 e. The number of aromatic nitrogens is 1. The number of esters is 1. The Balaban J connectivity index is 1.82. The van der Waals surface area contributed by atoms with Crippen molar-refractivity contribution in [2.75, 3.05) is 7.11 Å². The molecule has 0 aliphatic rings. The quantitative estimate of drug-likeness (QED) is 0.215. The van der Waals surface area contributed by atoms with Gasteiger partial charge in [0.1, 0.15) is 11.5 Å². The fraction of sp³-hybridized carbons (Fsp3) is 0.290. The highest BCUT2D eigenvalue weighted by Gasteiger charge is 2.23. The van der Waals surface area contributed by atoms with Gasteiger partial charge in [0.05, 0.1) is 23.9 Å². The largest absolute Gasteiger partial charge is 0.497 e. The Morgan fingerprint density at radius 3 is 2.14 bits per heavy atom. The number of nitrogens with zero attached hydrogens (tertiary/aromatic N) is 1. The maximum absolute atomic E-state index is 13.6. The summed E-state index contributed by atoms with van der Waals surface area (Å²) >= 11 is 0. The molecule has 3 aromatic carbocycles. The molecule has 0 bridgehead atoms. The van der Waals surface area contributed by atoms with E-state index in [1.165, 1.54) is 5.56 Å². The van der Waals surface area contributed by atoms with E-state index in [0.717, 1.165) is 51.0 Å². The average Bonchev–Trinajstić information content (AvgIpc) is 2.84. The number of methoxy groups -OCH3 is 1. The normalized spacial score (nSPS) is 11.5. The second-order valence-electron chi connectivity index (χ2n) is 9.82. The Kier molecular flexibility index (Phi) is 6.66. The van der Waals surface area contributed by atoms with E-state index in [1.54, 1.807) is 7.11 Å². The lowest BCUT2D eigenvalue weighted by Crippen LogP contribution is -2.16. The highest BCUT2D eigenvalue weighted by atomic mass is 16.5. The molecule has 0 aliphatic heterocycles. The van der Waals surface area contributed by atoms with Crippen LogP contribution in [0.3, 0.4) is 0 Å². The zero-order chi connectivity index (χ0) is 25.3. The first-order valence-electron chi connectivity index (χ1n) is 12.0. The summed E-state index contributed by atoms with van der Waals surface area (Å²) < 4.78 is 11.2. The monoisotopic (exact) mass is 467 g/mol. The van der Waals surface area contributed by atoms with Crippen molar-refractivity contribution in [3.05, 3.63) is 88.5 Å². The number of aryl methyl sites for hydroxylation is 2. The minimum atomic E-state index is -0.378. The van der Waals surface area contributed by atoms with Crippen molar-refractivity contribution in [3.63, 3.8) is 0 Å². The van der Waals surface area contributed by atoms with Gasteiger partial charge in [0.15, 0.2) is 0 Å². The molecule has 1 aromatic heterocycles. The molecule has 0 fully saturated rings. The number of fused-ring (bicyclic) bond motifs is 1. The molecule has 0 spiro atoms. The van der Waals surface area contributed by atoms with E-state index in [1.807, 2.05) is 75.4 Å². The van der Waals surface area contributed by atoms with Gasteiger partial charge in [0, 0.05) is 10.9 Å². The molecule has 4 nitrogen and oxygen atoms in total. The summed E-state index contributed by atoms with van der Waals surface area (Å²) in [5.74, 6) is 0.927. The van der Waals surface area contributed by atoms with Crippen LogP contribution in [0.4, 0.5) is 0 Å².